The number of carboxylic acid groups (broad SMARTS) is 1. The molecule has 0 aliphatic heterocycles. The number of aliphatic carboxylic acids is 1. The Labute approximate surface area is 84.1 Å². The van der Waals surface area contributed by atoms with Crippen LogP contribution in [0.5, 0.6) is 0 Å². The highest BCUT2D eigenvalue weighted by molar-refractivity contribution is 9.10. The van der Waals surface area contributed by atoms with Crippen LogP contribution in [0.25, 0.3) is 0 Å². The summed E-state index contributed by atoms with van der Waals surface area (Å²) in [6.45, 7) is 0.418. The lowest BCUT2D eigenvalue weighted by molar-refractivity contribution is -0.137. The highest BCUT2D eigenvalue weighted by atomic mass is 79.9. The normalized spacial score (nSPS) is 9.08. The van der Waals surface area contributed by atoms with Crippen LogP contribution < -0.4 is 0 Å². The molecule has 0 aliphatic carbocycles. The van der Waals surface area contributed by atoms with Crippen molar-refractivity contribution in [3.63, 3.8) is 0 Å². The highest BCUT2D eigenvalue weighted by Gasteiger charge is 1.98. The van der Waals surface area contributed by atoms with Crippen LogP contribution in [-0.2, 0) is 11.3 Å². The summed E-state index contributed by atoms with van der Waals surface area (Å²) in [4.78, 5) is 10.1. The number of hydrogen-bond acceptors (Lipinski definition) is 2. The Bertz CT molecular complexity index is 264. The molecule has 0 amide bonds. The molecule has 0 aliphatic rings. The summed E-state index contributed by atoms with van der Waals surface area (Å²) in [5, 5.41) is 12.2. The Kier molecular flexibility index (Phi) is 4.92. The number of carbonyl (C=O) groups is 1. The molecule has 0 spiro atoms. The Morgan fingerprint density at radius 2 is 2.42 bits per heavy atom. The van der Waals surface area contributed by atoms with E-state index >= 15 is 0 Å². The first-order valence-electron chi connectivity index (χ1n) is 3.08. The maximum absolute atomic E-state index is 10.1. The Morgan fingerprint density at radius 1 is 1.75 bits per heavy atom. The predicted molar refractivity (Wildman–Crippen MR) is 49.4 cm³/mol. The summed E-state index contributed by atoms with van der Waals surface area (Å²) in [6.07, 6.45) is 3.47. The lowest BCUT2D eigenvalue weighted by Crippen LogP contribution is -2.04. The molecular weight excluding hydrogens is 247 g/mol. The SMILES string of the molecule is Cl.O=C(O)CCn1cc(Br)cn1. The highest BCUT2D eigenvalue weighted by Crippen LogP contribution is 2.06. The fourth-order valence-corrected chi connectivity index (χ4v) is 0.999. The van der Waals surface area contributed by atoms with Gasteiger partial charge in [-0.25, -0.2) is 0 Å². The van der Waals surface area contributed by atoms with E-state index in [1.165, 1.54) is 0 Å². The monoisotopic (exact) mass is 254 g/mol. The first-order valence-corrected chi connectivity index (χ1v) is 3.87. The van der Waals surface area contributed by atoms with E-state index in [9.17, 15) is 4.79 Å². The molecule has 0 aromatic carbocycles. The third-order valence-corrected chi connectivity index (χ3v) is 1.57. The van der Waals surface area contributed by atoms with Crippen molar-refractivity contribution in [3.8, 4) is 0 Å². The van der Waals surface area contributed by atoms with E-state index in [0.717, 1.165) is 4.47 Å². The largest absolute Gasteiger partial charge is 0.481 e. The summed E-state index contributed by atoms with van der Waals surface area (Å²) in [5.74, 6) is -0.809. The van der Waals surface area contributed by atoms with Crippen LogP contribution in [0.4, 0.5) is 0 Å². The van der Waals surface area contributed by atoms with Crippen LogP contribution in [0.3, 0.4) is 0 Å². The number of aryl methyl sites for hydroxylation is 1. The van der Waals surface area contributed by atoms with Gasteiger partial charge in [0.15, 0.2) is 0 Å². The molecule has 6 heteroatoms. The van der Waals surface area contributed by atoms with Gasteiger partial charge in [-0.2, -0.15) is 5.10 Å². The van der Waals surface area contributed by atoms with Crippen molar-refractivity contribution >= 4 is 34.3 Å². The molecule has 68 valence electrons. The molecule has 1 aromatic rings. The molecule has 1 N–H and O–H groups in total. The number of carboxylic acids is 1. The molecule has 4 nitrogen and oxygen atoms in total. The summed E-state index contributed by atoms with van der Waals surface area (Å²) < 4.78 is 2.45. The molecule has 0 fully saturated rings. The van der Waals surface area contributed by atoms with Gasteiger partial charge in [-0.1, -0.05) is 0 Å². The lowest BCUT2D eigenvalue weighted by Gasteiger charge is -1.95. The predicted octanol–water partition coefficient (Wildman–Crippen LogP) is 1.54. The Hall–Kier alpha value is -0.550. The van der Waals surface area contributed by atoms with Crippen molar-refractivity contribution in [1.82, 2.24) is 9.78 Å². The number of aromatic nitrogens is 2. The lowest BCUT2D eigenvalue weighted by atomic mass is 10.4. The summed E-state index contributed by atoms with van der Waals surface area (Å²) in [6, 6.07) is 0. The zero-order valence-electron chi connectivity index (χ0n) is 6.11. The summed E-state index contributed by atoms with van der Waals surface area (Å²) in [5.41, 5.74) is 0. The van der Waals surface area contributed by atoms with Gasteiger partial charge in [-0.05, 0) is 15.9 Å². The van der Waals surface area contributed by atoms with Gasteiger partial charge < -0.3 is 5.11 Å². The second-order valence-electron chi connectivity index (χ2n) is 2.07. The number of rotatable bonds is 3. The minimum atomic E-state index is -0.809. The number of halogens is 2. The Morgan fingerprint density at radius 3 is 2.83 bits per heavy atom. The van der Waals surface area contributed by atoms with Gasteiger partial charge in [-0.3, -0.25) is 9.48 Å². The molecule has 0 radical (unpaired) electrons. The van der Waals surface area contributed by atoms with E-state index in [0.29, 0.717) is 6.54 Å². The van der Waals surface area contributed by atoms with Gasteiger partial charge in [0.2, 0.25) is 0 Å². The summed E-state index contributed by atoms with van der Waals surface area (Å²) >= 11 is 3.21. The molecule has 1 heterocycles. The van der Waals surface area contributed by atoms with Crippen LogP contribution >= 0.6 is 28.3 Å². The van der Waals surface area contributed by atoms with Crippen molar-refractivity contribution in [2.75, 3.05) is 0 Å². The fraction of sp³-hybridized carbons (Fsp3) is 0.333. The molecule has 1 aromatic heterocycles. The van der Waals surface area contributed by atoms with Crippen LogP contribution in [-0.4, -0.2) is 20.9 Å². The molecule has 12 heavy (non-hydrogen) atoms. The van der Waals surface area contributed by atoms with Gasteiger partial charge in [-0.15, -0.1) is 12.4 Å². The molecule has 0 saturated heterocycles. The van der Waals surface area contributed by atoms with Crippen LogP contribution in [0, 0.1) is 0 Å². The second kappa shape index (κ2) is 5.16. The van der Waals surface area contributed by atoms with Gasteiger partial charge in [0.1, 0.15) is 0 Å². The molecule has 1 rings (SSSR count). The van der Waals surface area contributed by atoms with Gasteiger partial charge in [0.25, 0.3) is 0 Å². The average molecular weight is 255 g/mol. The topological polar surface area (TPSA) is 55.1 Å². The van der Waals surface area contributed by atoms with Crippen molar-refractivity contribution < 1.29 is 9.90 Å². The first-order chi connectivity index (χ1) is 5.18. The first kappa shape index (κ1) is 11.4. The van der Waals surface area contributed by atoms with E-state index in [4.69, 9.17) is 5.11 Å². The number of nitrogens with zero attached hydrogens (tertiary/aromatic N) is 2. The molecule has 0 unspecified atom stereocenters. The zero-order valence-corrected chi connectivity index (χ0v) is 8.51. The quantitative estimate of drug-likeness (QED) is 0.891. The average Bonchev–Trinajstić information content (AvgIpc) is 2.31. The van der Waals surface area contributed by atoms with E-state index in [1.807, 2.05) is 0 Å². The second-order valence-corrected chi connectivity index (χ2v) is 2.98. The van der Waals surface area contributed by atoms with E-state index < -0.39 is 5.97 Å². The van der Waals surface area contributed by atoms with Crippen LogP contribution in [0.1, 0.15) is 6.42 Å². The molecule has 0 saturated carbocycles. The summed E-state index contributed by atoms with van der Waals surface area (Å²) in [7, 11) is 0. The third-order valence-electron chi connectivity index (χ3n) is 1.16. The van der Waals surface area contributed by atoms with Gasteiger partial charge >= 0.3 is 5.97 Å². The van der Waals surface area contributed by atoms with Crippen molar-refractivity contribution in [2.45, 2.75) is 13.0 Å². The van der Waals surface area contributed by atoms with Gasteiger partial charge in [0, 0.05) is 6.20 Å². The minimum absolute atomic E-state index is 0. The maximum atomic E-state index is 10.1. The number of hydrogen-bond donors (Lipinski definition) is 1. The van der Waals surface area contributed by atoms with E-state index in [2.05, 4.69) is 21.0 Å². The van der Waals surface area contributed by atoms with Crippen molar-refractivity contribution in [2.24, 2.45) is 0 Å². The van der Waals surface area contributed by atoms with Crippen LogP contribution in [0.2, 0.25) is 0 Å². The Balaban J connectivity index is 0.00000121. The van der Waals surface area contributed by atoms with Crippen molar-refractivity contribution in [3.05, 3.63) is 16.9 Å². The minimum Gasteiger partial charge on any atom is -0.481 e. The van der Waals surface area contributed by atoms with E-state index in [-0.39, 0.29) is 18.8 Å². The zero-order chi connectivity index (χ0) is 8.27. The van der Waals surface area contributed by atoms with E-state index in [1.54, 1.807) is 17.1 Å². The van der Waals surface area contributed by atoms with Crippen molar-refractivity contribution in [1.29, 1.82) is 0 Å². The molecular formula is C6H8BrClN2O2. The van der Waals surface area contributed by atoms with Crippen LogP contribution in [0.15, 0.2) is 16.9 Å². The molecule has 0 atom stereocenters. The standard InChI is InChI=1S/C6H7BrN2O2.ClH/c7-5-3-8-9(4-5)2-1-6(10)11;/h3-4H,1-2H2,(H,10,11);1H. The maximum Gasteiger partial charge on any atom is 0.305 e. The third kappa shape index (κ3) is 3.73. The van der Waals surface area contributed by atoms with Gasteiger partial charge in [0.05, 0.1) is 23.6 Å². The molecule has 0 bridgehead atoms. The fourth-order valence-electron chi connectivity index (χ4n) is 0.671. The smallest absolute Gasteiger partial charge is 0.305 e.